The lowest BCUT2D eigenvalue weighted by atomic mass is 9.98. The highest BCUT2D eigenvalue weighted by Gasteiger charge is 2.32. The zero-order valence-corrected chi connectivity index (χ0v) is 23.6. The molecular weight excluding hydrogens is 507 g/mol. The van der Waals surface area contributed by atoms with Gasteiger partial charge in [0.1, 0.15) is 11.4 Å². The van der Waals surface area contributed by atoms with Gasteiger partial charge in [-0.1, -0.05) is 29.3 Å². The van der Waals surface area contributed by atoms with E-state index in [2.05, 4.69) is 34.9 Å². The second-order valence-electron chi connectivity index (χ2n) is 10.1. The fourth-order valence-corrected chi connectivity index (χ4v) is 5.96. The number of carbonyl (C=O) groups excluding carboxylic acids is 1. The van der Waals surface area contributed by atoms with Crippen molar-refractivity contribution in [1.82, 2.24) is 19.7 Å². The summed E-state index contributed by atoms with van der Waals surface area (Å²) >= 11 is 13.2. The van der Waals surface area contributed by atoms with Crippen molar-refractivity contribution in [1.29, 1.82) is 0 Å². The van der Waals surface area contributed by atoms with Crippen molar-refractivity contribution in [2.45, 2.75) is 53.5 Å². The average molecular weight is 540 g/mol. The number of nitrogens with one attached hydrogen (secondary N) is 1. The zero-order chi connectivity index (χ0) is 26.6. The number of hydrogen-bond acceptors (Lipinski definition) is 3. The lowest BCUT2D eigenvalue weighted by Crippen LogP contribution is -2.38. The summed E-state index contributed by atoms with van der Waals surface area (Å²) in [7, 11) is 1.94. The number of rotatable bonds is 6. The second kappa shape index (κ2) is 9.73. The van der Waals surface area contributed by atoms with Crippen molar-refractivity contribution >= 4 is 40.0 Å². The number of carbonyl (C=O) groups is 1. The third kappa shape index (κ3) is 4.30. The maximum atomic E-state index is 13.2. The lowest BCUT2D eigenvalue weighted by molar-refractivity contribution is 0.0918. The van der Waals surface area contributed by atoms with Crippen LogP contribution in [0.5, 0.6) is 5.75 Å². The fraction of sp³-hybridized carbons (Fsp3) is 0.379. The molecule has 1 aliphatic heterocycles. The van der Waals surface area contributed by atoms with Gasteiger partial charge >= 0.3 is 0 Å². The van der Waals surface area contributed by atoms with E-state index in [0.29, 0.717) is 24.6 Å². The minimum atomic E-state index is -0.0455. The Bertz CT molecular complexity index is 1530. The van der Waals surface area contributed by atoms with Gasteiger partial charge in [-0.25, -0.2) is 0 Å². The number of hydrogen-bond donors (Lipinski definition) is 1. The van der Waals surface area contributed by atoms with E-state index in [0.717, 1.165) is 73.0 Å². The van der Waals surface area contributed by atoms with E-state index in [-0.39, 0.29) is 11.9 Å². The summed E-state index contributed by atoms with van der Waals surface area (Å²) in [5, 5.41) is 10.2. The monoisotopic (exact) mass is 538 g/mol. The number of benzene rings is 2. The predicted molar refractivity (Wildman–Crippen MR) is 150 cm³/mol. The topological polar surface area (TPSA) is 61.1 Å². The Kier molecular flexibility index (Phi) is 6.75. The van der Waals surface area contributed by atoms with E-state index in [4.69, 9.17) is 27.9 Å². The summed E-state index contributed by atoms with van der Waals surface area (Å²) in [5.74, 6) is 0.766. The molecule has 0 unspecified atom stereocenters. The normalized spacial score (nSPS) is 15.2. The lowest BCUT2D eigenvalue weighted by Gasteiger charge is -2.25. The van der Waals surface area contributed by atoms with Gasteiger partial charge in [0, 0.05) is 46.9 Å². The minimum Gasteiger partial charge on any atom is -0.494 e. The predicted octanol–water partition coefficient (Wildman–Crippen LogP) is 6.90. The highest BCUT2D eigenvalue weighted by Crippen LogP contribution is 2.43. The Labute approximate surface area is 227 Å². The molecule has 0 radical (unpaired) electrons. The quantitative estimate of drug-likeness (QED) is 0.271. The third-order valence-corrected chi connectivity index (χ3v) is 8.35. The van der Waals surface area contributed by atoms with E-state index < -0.39 is 0 Å². The van der Waals surface area contributed by atoms with Crippen LogP contribution in [0, 0.1) is 27.7 Å². The van der Waals surface area contributed by atoms with Crippen molar-refractivity contribution < 1.29 is 9.53 Å². The van der Waals surface area contributed by atoms with Gasteiger partial charge in [0.25, 0.3) is 5.91 Å². The first kappa shape index (κ1) is 25.7. The summed E-state index contributed by atoms with van der Waals surface area (Å²) < 4.78 is 10.1. The van der Waals surface area contributed by atoms with Gasteiger partial charge < -0.3 is 14.6 Å². The van der Waals surface area contributed by atoms with Crippen LogP contribution in [0.15, 0.2) is 24.3 Å². The molecule has 3 heterocycles. The number of aromatic nitrogens is 3. The first-order valence-electron chi connectivity index (χ1n) is 12.6. The smallest absolute Gasteiger partial charge is 0.268 e. The first-order chi connectivity index (χ1) is 17.6. The summed E-state index contributed by atoms with van der Waals surface area (Å²) in [5.41, 5.74) is 8.68. The molecule has 0 saturated carbocycles. The van der Waals surface area contributed by atoms with Crippen LogP contribution in [0.2, 0.25) is 10.0 Å². The minimum absolute atomic E-state index is 0.0455. The molecule has 2 aromatic carbocycles. The number of nitrogens with zero attached hydrogens (tertiary/aromatic N) is 3. The Hall–Kier alpha value is -2.96. The van der Waals surface area contributed by atoms with Crippen molar-refractivity contribution in [2.75, 3.05) is 13.2 Å². The number of halogens is 2. The Morgan fingerprint density at radius 3 is 2.46 bits per heavy atom. The molecule has 8 heteroatoms. The van der Waals surface area contributed by atoms with Gasteiger partial charge in [-0.05, 0) is 82.3 Å². The molecular formula is C29H32Cl2N4O2. The van der Waals surface area contributed by atoms with Crippen LogP contribution in [0.1, 0.15) is 58.0 Å². The van der Waals surface area contributed by atoms with Gasteiger partial charge in [-0.3, -0.25) is 9.48 Å². The molecule has 4 aromatic rings. The summed E-state index contributed by atoms with van der Waals surface area (Å²) in [6.45, 7) is 11.3. The molecule has 1 N–H and O–H groups in total. The molecule has 0 saturated heterocycles. The average Bonchev–Trinajstić information content (AvgIpc) is 3.31. The molecule has 0 aliphatic carbocycles. The van der Waals surface area contributed by atoms with E-state index in [1.165, 1.54) is 0 Å². The van der Waals surface area contributed by atoms with Crippen LogP contribution < -0.4 is 10.1 Å². The highest BCUT2D eigenvalue weighted by atomic mass is 35.5. The van der Waals surface area contributed by atoms with Crippen molar-refractivity contribution in [2.24, 2.45) is 7.05 Å². The zero-order valence-electron chi connectivity index (χ0n) is 22.1. The molecule has 1 amide bonds. The molecule has 194 valence electrons. The Morgan fingerprint density at radius 2 is 1.81 bits per heavy atom. The van der Waals surface area contributed by atoms with Crippen molar-refractivity contribution in [3.05, 3.63) is 68.1 Å². The van der Waals surface area contributed by atoms with Crippen molar-refractivity contribution in [3.8, 4) is 16.9 Å². The molecule has 0 bridgehead atoms. The van der Waals surface area contributed by atoms with Crippen LogP contribution >= 0.6 is 23.2 Å². The van der Waals surface area contributed by atoms with Crippen LogP contribution in [0.4, 0.5) is 0 Å². The standard InChI is InChI=1S/C29H32Cl2N4O2/c1-15-12-20(13-16(2)26(15)31)37-11-7-8-21-22-9-10-23(30)25(24-18(4)33-34(6)19(24)5)27(22)35-17(3)14-32-29(36)28(21)35/h9-10,12-13,17H,7-8,11,14H2,1-6H3,(H,32,36)/t17-/m0/s1. The number of fused-ring (bicyclic) bond motifs is 3. The van der Waals surface area contributed by atoms with Crippen molar-refractivity contribution in [3.63, 3.8) is 0 Å². The Balaban J connectivity index is 1.57. The van der Waals surface area contributed by atoms with E-state index >= 15 is 0 Å². The highest BCUT2D eigenvalue weighted by molar-refractivity contribution is 6.35. The molecule has 0 fully saturated rings. The second-order valence-corrected chi connectivity index (χ2v) is 10.9. The Morgan fingerprint density at radius 1 is 1.11 bits per heavy atom. The van der Waals surface area contributed by atoms with Crippen LogP contribution in [0.25, 0.3) is 22.0 Å². The van der Waals surface area contributed by atoms with Gasteiger partial charge in [0.05, 0.1) is 22.8 Å². The van der Waals surface area contributed by atoms with Gasteiger partial charge in [0.15, 0.2) is 0 Å². The number of amides is 1. The third-order valence-electron chi connectivity index (χ3n) is 7.44. The van der Waals surface area contributed by atoms with Gasteiger partial charge in [-0.15, -0.1) is 0 Å². The van der Waals surface area contributed by atoms with Crippen LogP contribution in [-0.2, 0) is 13.5 Å². The largest absolute Gasteiger partial charge is 0.494 e. The molecule has 37 heavy (non-hydrogen) atoms. The fourth-order valence-electron chi connectivity index (χ4n) is 5.60. The van der Waals surface area contributed by atoms with Gasteiger partial charge in [-0.2, -0.15) is 5.10 Å². The summed E-state index contributed by atoms with van der Waals surface area (Å²) in [6, 6.07) is 8.02. The molecule has 1 aliphatic rings. The van der Waals surface area contributed by atoms with E-state index in [1.54, 1.807) is 0 Å². The maximum Gasteiger partial charge on any atom is 0.268 e. The van der Waals surface area contributed by atoms with Gasteiger partial charge in [0.2, 0.25) is 0 Å². The summed E-state index contributed by atoms with van der Waals surface area (Å²) in [4.78, 5) is 13.2. The van der Waals surface area contributed by atoms with Crippen LogP contribution in [-0.4, -0.2) is 33.4 Å². The van der Waals surface area contributed by atoms with E-state index in [1.807, 2.05) is 50.7 Å². The molecule has 0 spiro atoms. The number of aryl methyl sites for hydroxylation is 5. The molecule has 5 rings (SSSR count). The van der Waals surface area contributed by atoms with E-state index in [9.17, 15) is 4.79 Å². The first-order valence-corrected chi connectivity index (χ1v) is 13.4. The number of ether oxygens (including phenoxy) is 1. The molecule has 6 nitrogen and oxygen atoms in total. The maximum absolute atomic E-state index is 13.2. The SMILES string of the molecule is Cc1cc(OCCCc2c3n(c4c(-c5c(C)nn(C)c5C)c(Cl)ccc24)[C@@H](C)CNC3=O)cc(C)c1Cl. The molecule has 1 atom stereocenters. The van der Waals surface area contributed by atoms with Crippen LogP contribution in [0.3, 0.4) is 0 Å². The summed E-state index contributed by atoms with van der Waals surface area (Å²) in [6.07, 6.45) is 1.47. The molecule has 2 aromatic heterocycles.